The van der Waals surface area contributed by atoms with Crippen LogP contribution in [0.2, 0.25) is 0 Å². The van der Waals surface area contributed by atoms with Crippen molar-refractivity contribution in [3.05, 3.63) is 65.2 Å². The van der Waals surface area contributed by atoms with Crippen molar-refractivity contribution in [3.63, 3.8) is 0 Å². The summed E-state index contributed by atoms with van der Waals surface area (Å²) in [5.74, 6) is 0.874. The zero-order valence-corrected chi connectivity index (χ0v) is 22.0. The number of fused-ring (bicyclic) bond motifs is 1. The SMILES string of the molecule is CC1CN(CC2CCN(C(=O)C(C)(Cc3nc4ccccc4s3)c3ccccc3)CC2)CC(C)O1. The number of aromatic nitrogens is 1. The molecule has 0 bridgehead atoms. The maximum atomic E-state index is 14.1. The Hall–Kier alpha value is -2.28. The first-order chi connectivity index (χ1) is 16.9. The summed E-state index contributed by atoms with van der Waals surface area (Å²) in [5, 5.41) is 1.02. The summed E-state index contributed by atoms with van der Waals surface area (Å²) in [6.45, 7) is 11.2. The van der Waals surface area contributed by atoms with Crippen molar-refractivity contribution in [2.45, 2.75) is 57.7 Å². The molecule has 3 heterocycles. The average molecular weight is 492 g/mol. The van der Waals surface area contributed by atoms with Crippen LogP contribution in [0.3, 0.4) is 0 Å². The molecule has 2 fully saturated rings. The van der Waals surface area contributed by atoms with Gasteiger partial charge in [-0.3, -0.25) is 9.69 Å². The van der Waals surface area contributed by atoms with Crippen LogP contribution >= 0.6 is 11.3 Å². The number of rotatable bonds is 6. The molecule has 0 N–H and O–H groups in total. The molecule has 3 atom stereocenters. The summed E-state index contributed by atoms with van der Waals surface area (Å²) in [7, 11) is 0. The molecule has 2 aliphatic rings. The zero-order chi connectivity index (χ0) is 24.4. The second kappa shape index (κ2) is 10.4. The second-order valence-corrected chi connectivity index (χ2v) is 11.8. The van der Waals surface area contributed by atoms with E-state index < -0.39 is 5.41 Å². The van der Waals surface area contributed by atoms with Crippen molar-refractivity contribution in [2.75, 3.05) is 32.7 Å². The molecule has 6 heteroatoms. The molecule has 2 aliphatic heterocycles. The third-order valence-corrected chi connectivity index (χ3v) is 8.68. The lowest BCUT2D eigenvalue weighted by molar-refractivity contribution is -0.138. The monoisotopic (exact) mass is 491 g/mol. The second-order valence-electron chi connectivity index (χ2n) is 10.7. The van der Waals surface area contributed by atoms with E-state index in [1.807, 2.05) is 30.3 Å². The van der Waals surface area contributed by atoms with Gasteiger partial charge in [-0.1, -0.05) is 42.5 Å². The Bertz CT molecular complexity index is 1100. The van der Waals surface area contributed by atoms with Gasteiger partial charge in [0.25, 0.3) is 0 Å². The molecule has 5 rings (SSSR count). The molecular formula is C29H37N3O2S. The molecule has 0 radical (unpaired) electrons. The van der Waals surface area contributed by atoms with E-state index in [2.05, 4.69) is 54.8 Å². The van der Waals surface area contributed by atoms with Crippen LogP contribution in [-0.4, -0.2) is 65.6 Å². The van der Waals surface area contributed by atoms with E-state index in [1.165, 1.54) is 4.70 Å². The number of carbonyl (C=O) groups excluding carboxylic acids is 1. The van der Waals surface area contributed by atoms with Crippen LogP contribution in [0.1, 0.15) is 44.2 Å². The number of benzene rings is 2. The Morgan fingerprint density at radius 1 is 1.03 bits per heavy atom. The Balaban J connectivity index is 1.29. The summed E-state index contributed by atoms with van der Waals surface area (Å²) in [5.41, 5.74) is 1.46. The van der Waals surface area contributed by atoms with Gasteiger partial charge in [0.2, 0.25) is 5.91 Å². The van der Waals surface area contributed by atoms with Gasteiger partial charge in [-0.15, -0.1) is 11.3 Å². The summed E-state index contributed by atoms with van der Waals surface area (Å²) in [6, 6.07) is 18.5. The predicted octanol–water partition coefficient (Wildman–Crippen LogP) is 5.14. The fourth-order valence-corrected chi connectivity index (χ4v) is 6.99. The van der Waals surface area contributed by atoms with Gasteiger partial charge in [-0.25, -0.2) is 4.98 Å². The summed E-state index contributed by atoms with van der Waals surface area (Å²) >= 11 is 1.71. The van der Waals surface area contributed by atoms with E-state index in [0.29, 0.717) is 24.5 Å². The molecule has 1 amide bonds. The lowest BCUT2D eigenvalue weighted by atomic mass is 9.77. The number of thiazole rings is 1. The third kappa shape index (κ3) is 5.45. The number of nitrogens with zero attached hydrogens (tertiary/aromatic N) is 3. The van der Waals surface area contributed by atoms with E-state index in [1.54, 1.807) is 11.3 Å². The van der Waals surface area contributed by atoms with E-state index in [0.717, 1.165) is 61.7 Å². The first kappa shape index (κ1) is 24.4. The average Bonchev–Trinajstić information content (AvgIpc) is 3.26. The number of amides is 1. The number of ether oxygens (including phenoxy) is 1. The Morgan fingerprint density at radius 3 is 2.37 bits per heavy atom. The highest BCUT2D eigenvalue weighted by atomic mass is 32.1. The van der Waals surface area contributed by atoms with Gasteiger partial charge in [0.1, 0.15) is 0 Å². The van der Waals surface area contributed by atoms with Crippen LogP contribution in [0.5, 0.6) is 0 Å². The van der Waals surface area contributed by atoms with Crippen LogP contribution in [0.15, 0.2) is 54.6 Å². The third-order valence-electron chi connectivity index (χ3n) is 7.64. The van der Waals surface area contributed by atoms with E-state index in [-0.39, 0.29) is 5.91 Å². The smallest absolute Gasteiger partial charge is 0.233 e. The number of carbonyl (C=O) groups is 1. The van der Waals surface area contributed by atoms with E-state index >= 15 is 0 Å². The van der Waals surface area contributed by atoms with E-state index in [4.69, 9.17) is 9.72 Å². The van der Waals surface area contributed by atoms with Gasteiger partial charge in [0.15, 0.2) is 0 Å². The number of hydrogen-bond donors (Lipinski definition) is 0. The van der Waals surface area contributed by atoms with Crippen molar-refractivity contribution in [1.82, 2.24) is 14.8 Å². The van der Waals surface area contributed by atoms with Crippen LogP contribution in [-0.2, 0) is 21.4 Å². The minimum atomic E-state index is -0.628. The summed E-state index contributed by atoms with van der Waals surface area (Å²) < 4.78 is 7.08. The Labute approximate surface area is 213 Å². The normalized spacial score (nSPS) is 23.9. The van der Waals surface area contributed by atoms with Crippen molar-refractivity contribution < 1.29 is 9.53 Å². The van der Waals surface area contributed by atoms with Crippen LogP contribution in [0.25, 0.3) is 10.2 Å². The molecule has 35 heavy (non-hydrogen) atoms. The zero-order valence-electron chi connectivity index (χ0n) is 21.2. The number of hydrogen-bond acceptors (Lipinski definition) is 5. The highest BCUT2D eigenvalue weighted by Crippen LogP contribution is 2.35. The van der Waals surface area contributed by atoms with Gasteiger partial charge in [-0.05, 0) is 57.2 Å². The molecule has 3 unspecified atom stereocenters. The number of para-hydroxylation sites is 1. The molecule has 0 aliphatic carbocycles. The molecule has 3 aromatic rings. The predicted molar refractivity (Wildman–Crippen MR) is 143 cm³/mol. The lowest BCUT2D eigenvalue weighted by Crippen LogP contribution is -2.51. The quantitative estimate of drug-likeness (QED) is 0.479. The largest absolute Gasteiger partial charge is 0.373 e. The van der Waals surface area contributed by atoms with Crippen molar-refractivity contribution in [3.8, 4) is 0 Å². The molecule has 0 spiro atoms. The number of likely N-dealkylation sites (tertiary alicyclic amines) is 1. The molecule has 2 aromatic carbocycles. The minimum absolute atomic E-state index is 0.232. The Kier molecular flexibility index (Phi) is 7.24. The fraction of sp³-hybridized carbons (Fsp3) is 0.517. The summed E-state index contributed by atoms with van der Waals surface area (Å²) in [6.07, 6.45) is 3.36. The highest BCUT2D eigenvalue weighted by molar-refractivity contribution is 7.18. The number of piperidine rings is 1. The molecule has 1 aromatic heterocycles. The standard InChI is InChI=1S/C29H37N3O2S/c1-21-18-31(19-22(2)34-21)20-23-13-15-32(16-14-23)28(33)29(3,24-9-5-4-6-10-24)17-27-30-25-11-7-8-12-26(25)35-27/h4-12,21-23H,13-20H2,1-3H3. The summed E-state index contributed by atoms with van der Waals surface area (Å²) in [4.78, 5) is 23.6. The Morgan fingerprint density at radius 2 is 1.69 bits per heavy atom. The van der Waals surface area contributed by atoms with Crippen molar-refractivity contribution in [2.24, 2.45) is 5.92 Å². The van der Waals surface area contributed by atoms with Crippen molar-refractivity contribution in [1.29, 1.82) is 0 Å². The fourth-order valence-electron chi connectivity index (χ4n) is 5.87. The van der Waals surface area contributed by atoms with Gasteiger partial charge < -0.3 is 9.64 Å². The topological polar surface area (TPSA) is 45.7 Å². The maximum Gasteiger partial charge on any atom is 0.233 e. The maximum absolute atomic E-state index is 14.1. The molecule has 5 nitrogen and oxygen atoms in total. The molecular weight excluding hydrogens is 454 g/mol. The first-order valence-electron chi connectivity index (χ1n) is 13.0. The van der Waals surface area contributed by atoms with Crippen LogP contribution in [0, 0.1) is 5.92 Å². The first-order valence-corrected chi connectivity index (χ1v) is 13.8. The van der Waals surface area contributed by atoms with Gasteiger partial charge >= 0.3 is 0 Å². The lowest BCUT2D eigenvalue weighted by Gasteiger charge is -2.41. The highest BCUT2D eigenvalue weighted by Gasteiger charge is 2.40. The van der Waals surface area contributed by atoms with E-state index in [9.17, 15) is 4.79 Å². The van der Waals surface area contributed by atoms with Gasteiger partial charge in [0, 0.05) is 39.1 Å². The molecule has 2 saturated heterocycles. The molecule has 0 saturated carbocycles. The van der Waals surface area contributed by atoms with Crippen LogP contribution < -0.4 is 0 Å². The van der Waals surface area contributed by atoms with Crippen molar-refractivity contribution >= 4 is 27.5 Å². The number of morpholine rings is 1. The van der Waals surface area contributed by atoms with Gasteiger partial charge in [-0.2, -0.15) is 0 Å². The minimum Gasteiger partial charge on any atom is -0.373 e. The van der Waals surface area contributed by atoms with Gasteiger partial charge in [0.05, 0.1) is 32.8 Å². The molecule has 186 valence electrons. The van der Waals surface area contributed by atoms with Crippen LogP contribution in [0.4, 0.5) is 0 Å².